The fourth-order valence-electron chi connectivity index (χ4n) is 1.68. The molecule has 0 amide bonds. The summed E-state index contributed by atoms with van der Waals surface area (Å²) in [4.78, 5) is 0. The Kier molecular flexibility index (Phi) is 14.4. The molecule has 0 N–H and O–H groups in total. The maximum atomic E-state index is 9.83. The van der Waals surface area contributed by atoms with E-state index in [1.807, 2.05) is 0 Å². The summed E-state index contributed by atoms with van der Waals surface area (Å²) in [7, 11) is 0. The monoisotopic (exact) mass is 236 g/mol. The lowest BCUT2D eigenvalue weighted by molar-refractivity contribution is -1.27. The van der Waals surface area contributed by atoms with Gasteiger partial charge in [-0.3, -0.25) is 0 Å². The Balaban J connectivity index is 2.81. The molecule has 0 aliphatic rings. The predicted octanol–water partition coefficient (Wildman–Crippen LogP) is 3.20. The van der Waals surface area contributed by atoms with Gasteiger partial charge in [0.05, 0.1) is 0 Å². The lowest BCUT2D eigenvalue weighted by atomic mass is 10.1. The van der Waals surface area contributed by atoms with Gasteiger partial charge < -0.3 is 4.66 Å². The molecule has 0 radical (unpaired) electrons. The number of halogens is 1. The van der Waals surface area contributed by atoms with Crippen molar-refractivity contribution in [3.05, 3.63) is 0 Å². The molecule has 3 heteroatoms. The molecule has 0 aromatic rings. The SMILES string of the molecule is CCCCCCCCCCCCO[Cl+][O-]. The van der Waals surface area contributed by atoms with E-state index in [9.17, 15) is 4.66 Å². The molecule has 0 aromatic carbocycles. The van der Waals surface area contributed by atoms with Crippen LogP contribution in [0.1, 0.15) is 71.1 Å². The number of unbranched alkanes of at least 4 members (excludes halogenated alkanes) is 9. The third-order valence-electron chi connectivity index (χ3n) is 2.62. The lowest BCUT2D eigenvalue weighted by Crippen LogP contribution is -2.04. The lowest BCUT2D eigenvalue weighted by Gasteiger charge is -2.00. The van der Waals surface area contributed by atoms with E-state index < -0.39 is 0 Å². The van der Waals surface area contributed by atoms with Crippen molar-refractivity contribution in [2.45, 2.75) is 71.1 Å². The van der Waals surface area contributed by atoms with E-state index in [1.165, 1.54) is 57.8 Å². The topological polar surface area (TPSA) is 32.3 Å². The van der Waals surface area contributed by atoms with Crippen molar-refractivity contribution in [2.75, 3.05) is 6.61 Å². The van der Waals surface area contributed by atoms with Crippen LogP contribution in [0.3, 0.4) is 0 Å². The van der Waals surface area contributed by atoms with Crippen LogP contribution in [0, 0.1) is 11.3 Å². The van der Waals surface area contributed by atoms with Crippen LogP contribution in [0.15, 0.2) is 0 Å². The Bertz CT molecular complexity index is 97.8. The molecular weight excluding hydrogens is 212 g/mol. The Morgan fingerprint density at radius 2 is 1.27 bits per heavy atom. The van der Waals surface area contributed by atoms with E-state index in [0.717, 1.165) is 6.42 Å². The molecule has 0 atom stereocenters. The van der Waals surface area contributed by atoms with Crippen molar-refractivity contribution in [1.29, 1.82) is 0 Å². The number of rotatable bonds is 12. The second-order valence-corrected chi connectivity index (χ2v) is 4.40. The highest BCUT2D eigenvalue weighted by molar-refractivity contribution is 4.46. The Labute approximate surface area is 98.5 Å². The smallest absolute Gasteiger partial charge is 0.330 e. The maximum Gasteiger partial charge on any atom is 0.330 e. The van der Waals surface area contributed by atoms with E-state index in [0.29, 0.717) is 17.9 Å². The second-order valence-electron chi connectivity index (χ2n) is 4.06. The van der Waals surface area contributed by atoms with Crippen molar-refractivity contribution >= 4 is 0 Å². The van der Waals surface area contributed by atoms with E-state index in [-0.39, 0.29) is 0 Å². The zero-order chi connectivity index (χ0) is 11.2. The summed E-state index contributed by atoms with van der Waals surface area (Å²) in [6, 6.07) is 0. The maximum absolute atomic E-state index is 9.83. The van der Waals surface area contributed by atoms with Gasteiger partial charge in [0, 0.05) is 0 Å². The fourth-order valence-corrected chi connectivity index (χ4v) is 1.85. The molecule has 0 aliphatic heterocycles. The molecule has 0 unspecified atom stereocenters. The average molecular weight is 237 g/mol. The summed E-state index contributed by atoms with van der Waals surface area (Å²) >= 11 is 0.637. The van der Waals surface area contributed by atoms with Gasteiger partial charge in [0.2, 0.25) is 0 Å². The molecule has 0 rings (SSSR count). The highest BCUT2D eigenvalue weighted by Crippen LogP contribution is 2.10. The molecule has 0 heterocycles. The molecule has 2 nitrogen and oxygen atoms in total. The Morgan fingerprint density at radius 3 is 1.73 bits per heavy atom. The predicted molar refractivity (Wildman–Crippen MR) is 57.8 cm³/mol. The summed E-state index contributed by atoms with van der Waals surface area (Å²) in [5.74, 6) is 0. The van der Waals surface area contributed by atoms with E-state index in [1.54, 1.807) is 0 Å². The molecule has 92 valence electrons. The summed E-state index contributed by atoms with van der Waals surface area (Å²) in [5, 5.41) is 0. The van der Waals surface area contributed by atoms with Gasteiger partial charge in [-0.1, -0.05) is 64.7 Å². The molecule has 0 saturated heterocycles. The second kappa shape index (κ2) is 14.2. The molecule has 0 aromatic heterocycles. The molecular formula is C12H25ClO2. The minimum atomic E-state index is 0.591. The van der Waals surface area contributed by atoms with E-state index in [2.05, 4.69) is 11.2 Å². The van der Waals surface area contributed by atoms with Gasteiger partial charge in [-0.2, -0.15) is 0 Å². The van der Waals surface area contributed by atoms with Crippen LogP contribution in [0.2, 0.25) is 0 Å². The summed E-state index contributed by atoms with van der Waals surface area (Å²) in [6.45, 7) is 2.84. The van der Waals surface area contributed by atoms with Crippen LogP contribution in [0.5, 0.6) is 0 Å². The van der Waals surface area contributed by atoms with Gasteiger partial charge in [0.1, 0.15) is 6.61 Å². The van der Waals surface area contributed by atoms with Gasteiger partial charge in [0.15, 0.2) is 0 Å². The fraction of sp³-hybridized carbons (Fsp3) is 1.00. The molecule has 0 aliphatic carbocycles. The molecule has 0 spiro atoms. The summed E-state index contributed by atoms with van der Waals surface area (Å²) < 4.78 is 14.4. The highest BCUT2D eigenvalue weighted by atomic mass is 35.6. The third-order valence-corrected chi connectivity index (χ3v) is 2.86. The molecule has 0 bridgehead atoms. The normalized spacial score (nSPS) is 10.8. The van der Waals surface area contributed by atoms with Crippen molar-refractivity contribution < 1.29 is 20.3 Å². The van der Waals surface area contributed by atoms with Crippen LogP contribution in [-0.2, 0) is 4.29 Å². The standard InChI is InChI=1S/C12H25ClO2/c1-2-3-4-5-6-7-8-9-10-11-12-15-13-14/h2-12H2,1H3. The van der Waals surface area contributed by atoms with Gasteiger partial charge in [-0.25, -0.2) is 0 Å². The average Bonchev–Trinajstić information content (AvgIpc) is 2.26. The first-order valence-corrected chi connectivity index (χ1v) is 6.92. The third kappa shape index (κ3) is 14.2. The molecule has 0 saturated carbocycles. The zero-order valence-electron chi connectivity index (χ0n) is 9.97. The van der Waals surface area contributed by atoms with Crippen molar-refractivity contribution in [3.63, 3.8) is 0 Å². The first-order valence-electron chi connectivity index (χ1n) is 6.30. The number of hydrogen-bond acceptors (Lipinski definition) is 2. The van der Waals surface area contributed by atoms with Crippen molar-refractivity contribution in [1.82, 2.24) is 0 Å². The van der Waals surface area contributed by atoms with Crippen LogP contribution in [0.4, 0.5) is 0 Å². The van der Waals surface area contributed by atoms with Gasteiger partial charge in [-0.05, 0) is 6.42 Å². The minimum Gasteiger partial charge on any atom is -0.506 e. The van der Waals surface area contributed by atoms with Gasteiger partial charge >= 0.3 is 11.3 Å². The van der Waals surface area contributed by atoms with Crippen LogP contribution in [0.25, 0.3) is 0 Å². The van der Waals surface area contributed by atoms with E-state index >= 15 is 0 Å². The first-order chi connectivity index (χ1) is 7.41. The highest BCUT2D eigenvalue weighted by Gasteiger charge is 1.95. The first kappa shape index (κ1) is 15.2. The Hall–Kier alpha value is 0.210. The van der Waals surface area contributed by atoms with Gasteiger partial charge in [0.25, 0.3) is 0 Å². The van der Waals surface area contributed by atoms with Crippen molar-refractivity contribution in [3.8, 4) is 0 Å². The Morgan fingerprint density at radius 1 is 0.800 bits per heavy atom. The van der Waals surface area contributed by atoms with Crippen LogP contribution >= 0.6 is 0 Å². The zero-order valence-corrected chi connectivity index (χ0v) is 10.7. The quantitative estimate of drug-likeness (QED) is 0.488. The summed E-state index contributed by atoms with van der Waals surface area (Å²) in [6.07, 6.45) is 13.1. The summed E-state index contributed by atoms with van der Waals surface area (Å²) in [5.41, 5.74) is 0. The number of hydrogen-bond donors (Lipinski definition) is 0. The largest absolute Gasteiger partial charge is 0.506 e. The van der Waals surface area contributed by atoms with Gasteiger partial charge in [-0.15, -0.1) is 4.29 Å². The van der Waals surface area contributed by atoms with Crippen LogP contribution in [-0.4, -0.2) is 6.61 Å². The van der Waals surface area contributed by atoms with Crippen LogP contribution < -0.4 is 4.66 Å². The van der Waals surface area contributed by atoms with Crippen molar-refractivity contribution in [2.24, 2.45) is 0 Å². The minimum absolute atomic E-state index is 0.591. The van der Waals surface area contributed by atoms with E-state index in [4.69, 9.17) is 0 Å². The molecule has 15 heavy (non-hydrogen) atoms. The molecule has 0 fully saturated rings.